The molecule has 0 aliphatic carbocycles. The predicted octanol–water partition coefficient (Wildman–Crippen LogP) is 7.13. The van der Waals surface area contributed by atoms with Gasteiger partial charge in [0, 0.05) is 16.6 Å². The maximum Gasteiger partial charge on any atom is 0.266 e. The van der Waals surface area contributed by atoms with Crippen LogP contribution < -0.4 is 10.2 Å². The SMILES string of the molecule is CC(C)[Si](C#Cc1ccc(N2C(=O)c3cc4c(cc3C2=O)C(C)(C)NC4(C)C)cc1)(C(C)C)C(C)C. The zero-order valence-corrected chi connectivity index (χ0v) is 24.5. The first-order chi connectivity index (χ1) is 16.6. The molecule has 2 aromatic rings. The van der Waals surface area contributed by atoms with Crippen molar-refractivity contribution in [1.82, 2.24) is 5.32 Å². The lowest BCUT2D eigenvalue weighted by molar-refractivity contribution is 0.0926. The molecule has 4 rings (SSSR count). The summed E-state index contributed by atoms with van der Waals surface area (Å²) in [6.07, 6.45) is 0. The molecule has 2 aromatic carbocycles. The Hall–Kier alpha value is -2.68. The van der Waals surface area contributed by atoms with E-state index >= 15 is 0 Å². The summed E-state index contributed by atoms with van der Waals surface area (Å²) in [5, 5.41) is 3.61. The van der Waals surface area contributed by atoms with Crippen molar-refractivity contribution in [2.75, 3.05) is 4.90 Å². The molecule has 0 aromatic heterocycles. The minimum Gasteiger partial charge on any atom is -0.299 e. The number of amides is 2. The van der Waals surface area contributed by atoms with Gasteiger partial charge < -0.3 is 0 Å². The molecule has 0 saturated heterocycles. The first-order valence-electron chi connectivity index (χ1n) is 13.1. The van der Waals surface area contributed by atoms with E-state index in [1.807, 2.05) is 36.4 Å². The van der Waals surface area contributed by atoms with Crippen LogP contribution in [0, 0.1) is 11.5 Å². The van der Waals surface area contributed by atoms with Crippen LogP contribution in [-0.2, 0) is 11.1 Å². The molecule has 2 aliphatic rings. The minimum absolute atomic E-state index is 0.261. The van der Waals surface area contributed by atoms with Gasteiger partial charge in [-0.2, -0.15) is 0 Å². The molecule has 0 saturated carbocycles. The number of fused-ring (bicyclic) bond motifs is 2. The van der Waals surface area contributed by atoms with Gasteiger partial charge in [-0.25, -0.2) is 4.90 Å². The Morgan fingerprint density at radius 2 is 1.17 bits per heavy atom. The second-order valence-corrected chi connectivity index (χ2v) is 18.0. The van der Waals surface area contributed by atoms with E-state index in [1.54, 1.807) is 0 Å². The third kappa shape index (κ3) is 3.95. The molecule has 2 heterocycles. The highest BCUT2D eigenvalue weighted by atomic mass is 28.3. The summed E-state index contributed by atoms with van der Waals surface area (Å²) in [4.78, 5) is 28.1. The fraction of sp³-hybridized carbons (Fsp3) is 0.484. The summed E-state index contributed by atoms with van der Waals surface area (Å²) in [7, 11) is -1.83. The number of imide groups is 1. The highest BCUT2D eigenvalue weighted by Crippen LogP contribution is 2.44. The number of carbonyl (C=O) groups excluding carboxylic acids is 2. The number of anilines is 1. The molecule has 0 unspecified atom stereocenters. The van der Waals surface area contributed by atoms with Crippen LogP contribution in [0.4, 0.5) is 5.69 Å². The van der Waals surface area contributed by atoms with E-state index in [9.17, 15) is 9.59 Å². The van der Waals surface area contributed by atoms with Crippen molar-refractivity contribution in [2.24, 2.45) is 0 Å². The van der Waals surface area contributed by atoms with Gasteiger partial charge in [0.05, 0.1) is 16.8 Å². The lowest BCUT2D eigenvalue weighted by Gasteiger charge is -2.38. The highest BCUT2D eigenvalue weighted by Gasteiger charge is 2.46. The van der Waals surface area contributed by atoms with Crippen LogP contribution in [0.25, 0.3) is 0 Å². The molecule has 36 heavy (non-hydrogen) atoms. The van der Waals surface area contributed by atoms with E-state index in [1.165, 1.54) is 4.90 Å². The Kier molecular flexibility index (Phi) is 6.38. The molecule has 0 atom stereocenters. The standard InChI is InChI=1S/C31H40N2O2Si/c1-19(2)36(20(3)4,21(5)6)16-15-22-11-13-23(14-12-22)33-28(34)24-17-26-27(18-25(24)29(33)35)31(9,10)32-30(26,7)8/h11-14,17-21,32H,1-10H3. The van der Waals surface area contributed by atoms with E-state index in [2.05, 4.69) is 86.0 Å². The van der Waals surface area contributed by atoms with Gasteiger partial charge in [0.2, 0.25) is 0 Å². The molecule has 0 spiro atoms. The molecular formula is C31H40N2O2Si. The van der Waals surface area contributed by atoms with Crippen molar-refractivity contribution < 1.29 is 9.59 Å². The lowest BCUT2D eigenvalue weighted by atomic mass is 9.87. The van der Waals surface area contributed by atoms with Crippen molar-refractivity contribution in [3.8, 4) is 11.5 Å². The monoisotopic (exact) mass is 500 g/mol. The second kappa shape index (κ2) is 8.71. The Labute approximate surface area is 217 Å². The number of hydrogen-bond acceptors (Lipinski definition) is 3. The van der Waals surface area contributed by atoms with Gasteiger partial charge in [0.25, 0.3) is 11.8 Å². The van der Waals surface area contributed by atoms with Crippen molar-refractivity contribution in [1.29, 1.82) is 0 Å². The topological polar surface area (TPSA) is 49.4 Å². The quantitative estimate of drug-likeness (QED) is 0.276. The van der Waals surface area contributed by atoms with Crippen LogP contribution in [0.2, 0.25) is 16.6 Å². The van der Waals surface area contributed by atoms with Gasteiger partial charge in [-0.3, -0.25) is 14.9 Å². The molecule has 2 aliphatic heterocycles. The first kappa shape index (κ1) is 26.4. The summed E-state index contributed by atoms with van der Waals surface area (Å²) in [6.45, 7) is 22.3. The van der Waals surface area contributed by atoms with E-state index in [0.717, 1.165) is 16.7 Å². The van der Waals surface area contributed by atoms with E-state index < -0.39 is 8.07 Å². The number of benzene rings is 2. The van der Waals surface area contributed by atoms with E-state index in [-0.39, 0.29) is 22.9 Å². The summed E-state index contributed by atoms with van der Waals surface area (Å²) in [6, 6.07) is 11.4. The van der Waals surface area contributed by atoms with Crippen molar-refractivity contribution in [2.45, 2.75) is 96.9 Å². The number of nitrogens with zero attached hydrogens (tertiary/aromatic N) is 1. The maximum atomic E-state index is 13.4. The van der Waals surface area contributed by atoms with Crippen LogP contribution in [0.15, 0.2) is 36.4 Å². The number of rotatable bonds is 4. The number of nitrogens with one attached hydrogen (secondary N) is 1. The summed E-state index contributed by atoms with van der Waals surface area (Å²) >= 11 is 0. The molecule has 5 heteroatoms. The highest BCUT2D eigenvalue weighted by molar-refractivity contribution is 6.90. The predicted molar refractivity (Wildman–Crippen MR) is 151 cm³/mol. The van der Waals surface area contributed by atoms with Gasteiger partial charge in [-0.1, -0.05) is 47.5 Å². The third-order valence-electron chi connectivity index (χ3n) is 8.41. The van der Waals surface area contributed by atoms with Crippen molar-refractivity contribution in [3.63, 3.8) is 0 Å². The normalized spacial score (nSPS) is 18.1. The van der Waals surface area contributed by atoms with Crippen LogP contribution >= 0.6 is 0 Å². The summed E-state index contributed by atoms with van der Waals surface area (Å²) in [5.41, 5.74) is 9.52. The molecule has 190 valence electrons. The zero-order chi connectivity index (χ0) is 26.8. The Morgan fingerprint density at radius 3 is 1.56 bits per heavy atom. The molecule has 0 fully saturated rings. The molecule has 4 nitrogen and oxygen atoms in total. The molecule has 0 bridgehead atoms. The fourth-order valence-corrected chi connectivity index (χ4v) is 12.0. The lowest BCUT2D eigenvalue weighted by Crippen LogP contribution is -2.43. The fourth-order valence-electron chi connectivity index (χ4n) is 6.78. The smallest absolute Gasteiger partial charge is 0.266 e. The van der Waals surface area contributed by atoms with E-state index in [0.29, 0.717) is 33.4 Å². The van der Waals surface area contributed by atoms with Crippen LogP contribution in [0.1, 0.15) is 107 Å². The number of carbonyl (C=O) groups is 2. The molecule has 0 radical (unpaired) electrons. The van der Waals surface area contributed by atoms with Gasteiger partial charge >= 0.3 is 0 Å². The second-order valence-electron chi connectivity index (χ2n) is 12.5. The molecule has 2 amide bonds. The largest absolute Gasteiger partial charge is 0.299 e. The van der Waals surface area contributed by atoms with Gasteiger partial charge in [-0.05, 0) is 91.8 Å². The molecular weight excluding hydrogens is 460 g/mol. The maximum absolute atomic E-state index is 13.4. The number of hydrogen-bond donors (Lipinski definition) is 1. The average Bonchev–Trinajstić information content (AvgIpc) is 3.12. The van der Waals surface area contributed by atoms with Crippen LogP contribution in [0.3, 0.4) is 0 Å². The zero-order valence-electron chi connectivity index (χ0n) is 23.5. The van der Waals surface area contributed by atoms with Gasteiger partial charge in [-0.15, -0.1) is 5.54 Å². The summed E-state index contributed by atoms with van der Waals surface area (Å²) < 4.78 is 0. The van der Waals surface area contributed by atoms with Crippen LogP contribution in [0.5, 0.6) is 0 Å². The van der Waals surface area contributed by atoms with Gasteiger partial charge in [0.1, 0.15) is 8.07 Å². The Balaban J connectivity index is 1.67. The van der Waals surface area contributed by atoms with Crippen LogP contribution in [-0.4, -0.2) is 19.9 Å². The van der Waals surface area contributed by atoms with Crippen molar-refractivity contribution >= 4 is 25.6 Å². The first-order valence-corrected chi connectivity index (χ1v) is 15.4. The van der Waals surface area contributed by atoms with E-state index in [4.69, 9.17) is 0 Å². The average molecular weight is 501 g/mol. The minimum atomic E-state index is -1.83. The van der Waals surface area contributed by atoms with Crippen molar-refractivity contribution in [3.05, 3.63) is 64.2 Å². The Morgan fingerprint density at radius 1 is 0.750 bits per heavy atom. The molecule has 1 N–H and O–H groups in total. The van der Waals surface area contributed by atoms with Gasteiger partial charge in [0.15, 0.2) is 0 Å². The Bertz CT molecular complexity index is 1220. The third-order valence-corrected chi connectivity index (χ3v) is 14.7. The summed E-state index contributed by atoms with van der Waals surface area (Å²) in [5.74, 6) is 2.93.